The lowest BCUT2D eigenvalue weighted by Gasteiger charge is -2.24. The second-order valence-electron chi connectivity index (χ2n) is 4.20. The number of anilines is 1. The molecule has 2 aromatic rings. The molecule has 0 fully saturated rings. The van der Waals surface area contributed by atoms with Crippen molar-refractivity contribution >= 4 is 39.9 Å². The van der Waals surface area contributed by atoms with E-state index in [0.29, 0.717) is 4.31 Å². The van der Waals surface area contributed by atoms with Crippen molar-refractivity contribution in [2.45, 2.75) is 6.18 Å². The highest BCUT2D eigenvalue weighted by atomic mass is 32.2. The number of fused-ring (bicyclic) bond motifs is 1. The van der Waals surface area contributed by atoms with Gasteiger partial charge in [-0.3, -0.25) is 4.21 Å². The number of hydrogen-bond donors (Lipinski definition) is 3. The normalized spacial score (nSPS) is 13.1. The van der Waals surface area contributed by atoms with Crippen LogP contribution in [0.4, 0.5) is 24.8 Å². The summed E-state index contributed by atoms with van der Waals surface area (Å²) in [5, 5.41) is 0. The predicted octanol–water partition coefficient (Wildman–Crippen LogP) is 0.717. The fraction of sp³-hybridized carbons (Fsp3) is 0.200. The number of H-pyrrole nitrogens is 1. The second kappa shape index (κ2) is 5.46. The molecule has 1 unspecified atom stereocenters. The molecule has 1 aromatic carbocycles. The summed E-state index contributed by atoms with van der Waals surface area (Å²) in [6.07, 6.45) is -4.75. The van der Waals surface area contributed by atoms with Gasteiger partial charge in [-0.1, -0.05) is 0 Å². The molecule has 0 spiro atoms. The first-order valence-electron chi connectivity index (χ1n) is 5.63. The third-order valence-electron chi connectivity index (χ3n) is 2.69. The zero-order valence-corrected chi connectivity index (χ0v) is 11.8. The number of nitrogens with one attached hydrogen (secondary N) is 1. The predicted molar refractivity (Wildman–Crippen MR) is 73.9 cm³/mol. The van der Waals surface area contributed by atoms with E-state index in [2.05, 4.69) is 15.0 Å². The summed E-state index contributed by atoms with van der Waals surface area (Å²) in [4.78, 5) is 9.97. The Balaban J connectivity index is 2.71. The first kappa shape index (κ1) is 16.0. The molecule has 0 bridgehead atoms. The van der Waals surface area contributed by atoms with Gasteiger partial charge in [0.05, 0.1) is 22.3 Å². The summed E-state index contributed by atoms with van der Waals surface area (Å²) in [5.74, 6) is -0.417. The summed E-state index contributed by atoms with van der Waals surface area (Å²) in [7, 11) is 0.989. The number of alkyl halides is 3. The topological polar surface area (TPSA) is 136 Å². The average Bonchev–Trinajstić information content (AvgIpc) is 2.75. The minimum atomic E-state index is -4.75. The van der Waals surface area contributed by atoms with E-state index in [4.69, 9.17) is 11.5 Å². The van der Waals surface area contributed by atoms with E-state index in [0.717, 1.165) is 19.2 Å². The number of imidazole rings is 1. The van der Waals surface area contributed by atoms with Crippen LogP contribution in [0.1, 0.15) is 5.56 Å². The van der Waals surface area contributed by atoms with E-state index in [1.807, 2.05) is 0 Å². The van der Waals surface area contributed by atoms with Gasteiger partial charge in [0, 0.05) is 18.3 Å². The number of nitrogens with zero attached hydrogens (tertiary/aromatic N) is 3. The highest BCUT2D eigenvalue weighted by Gasteiger charge is 2.35. The van der Waals surface area contributed by atoms with E-state index in [1.165, 1.54) is 0 Å². The number of aromatic nitrogens is 2. The van der Waals surface area contributed by atoms with Gasteiger partial charge in [-0.05, 0) is 12.1 Å². The molecule has 0 aliphatic carbocycles. The van der Waals surface area contributed by atoms with Crippen molar-refractivity contribution in [3.05, 3.63) is 17.7 Å². The van der Waals surface area contributed by atoms with Gasteiger partial charge in [0.1, 0.15) is 0 Å². The van der Waals surface area contributed by atoms with E-state index in [1.54, 1.807) is 0 Å². The number of halogens is 3. The molecule has 0 aliphatic heterocycles. The molecule has 0 radical (unpaired) electrons. The van der Waals surface area contributed by atoms with E-state index >= 15 is 0 Å². The fourth-order valence-electron chi connectivity index (χ4n) is 1.78. The minimum Gasteiger partial charge on any atom is -0.755 e. The monoisotopic (exact) mass is 335 g/mol. The van der Waals surface area contributed by atoms with E-state index < -0.39 is 28.7 Å². The third kappa shape index (κ3) is 3.12. The number of hydrogen-bond acceptors (Lipinski definition) is 4. The lowest BCUT2D eigenvalue weighted by molar-refractivity contribution is -0.136. The Labute approximate surface area is 124 Å². The Kier molecular flexibility index (Phi) is 3.98. The highest BCUT2D eigenvalue weighted by Crippen LogP contribution is 2.39. The van der Waals surface area contributed by atoms with Gasteiger partial charge in [0.2, 0.25) is 5.95 Å². The number of guanidine groups is 1. The standard InChI is InChI=1S/C10H11F3N6O2S/c1-19(22(20)21)7-3-6-5(2-4(7)10(11,12)13)16-9(17-6)18-8(14)15/h2-3H,1H3,(H,20,21)(H5,14,15,16,17,18)/p-1. The molecule has 22 heavy (non-hydrogen) atoms. The first-order chi connectivity index (χ1) is 10.1. The molecule has 5 N–H and O–H groups in total. The van der Waals surface area contributed by atoms with Crippen LogP contribution in [0.25, 0.3) is 11.0 Å². The Morgan fingerprint density at radius 3 is 2.59 bits per heavy atom. The quantitative estimate of drug-likeness (QED) is 0.431. The number of nitrogens with two attached hydrogens (primary N) is 2. The van der Waals surface area contributed by atoms with Gasteiger partial charge < -0.3 is 25.3 Å². The largest absolute Gasteiger partial charge is 0.755 e. The molecule has 8 nitrogen and oxygen atoms in total. The van der Waals surface area contributed by atoms with E-state index in [-0.39, 0.29) is 22.9 Å². The first-order valence-corrected chi connectivity index (χ1v) is 6.66. The summed E-state index contributed by atoms with van der Waals surface area (Å²) >= 11 is -2.87. The van der Waals surface area contributed by atoms with Crippen LogP contribution < -0.4 is 15.8 Å². The Morgan fingerprint density at radius 1 is 1.45 bits per heavy atom. The number of aromatic amines is 1. The number of benzene rings is 1. The lowest BCUT2D eigenvalue weighted by atomic mass is 10.1. The maximum Gasteiger partial charge on any atom is 0.418 e. The van der Waals surface area contributed by atoms with Gasteiger partial charge in [-0.2, -0.15) is 18.2 Å². The molecule has 120 valence electrons. The van der Waals surface area contributed by atoms with Gasteiger partial charge in [0.25, 0.3) is 0 Å². The van der Waals surface area contributed by atoms with Crippen LogP contribution in [0.2, 0.25) is 0 Å². The molecule has 1 aromatic heterocycles. The van der Waals surface area contributed by atoms with Crippen LogP contribution in [-0.4, -0.2) is 31.7 Å². The molecular formula is C10H10F3N6O2S-. The third-order valence-corrected chi connectivity index (χ3v) is 3.33. The maximum atomic E-state index is 13.1. The Hall–Kier alpha value is -2.34. The minimum absolute atomic E-state index is 0.0150. The Morgan fingerprint density at radius 2 is 2.09 bits per heavy atom. The molecule has 12 heteroatoms. The zero-order chi connectivity index (χ0) is 16.7. The van der Waals surface area contributed by atoms with Crippen molar-refractivity contribution in [3.8, 4) is 0 Å². The number of aliphatic imine (C=N–C) groups is 1. The van der Waals surface area contributed by atoms with Crippen LogP contribution in [0.5, 0.6) is 0 Å². The Bertz CT molecular complexity index is 768. The van der Waals surface area contributed by atoms with Crippen molar-refractivity contribution in [1.29, 1.82) is 0 Å². The van der Waals surface area contributed by atoms with Crippen molar-refractivity contribution in [3.63, 3.8) is 0 Å². The van der Waals surface area contributed by atoms with E-state index in [9.17, 15) is 21.9 Å². The molecule has 1 atom stereocenters. The van der Waals surface area contributed by atoms with Gasteiger partial charge >= 0.3 is 6.18 Å². The lowest BCUT2D eigenvalue weighted by Crippen LogP contribution is -2.23. The van der Waals surface area contributed by atoms with Gasteiger partial charge in [-0.25, -0.2) is 4.98 Å². The molecule has 2 rings (SSSR count). The highest BCUT2D eigenvalue weighted by molar-refractivity contribution is 7.80. The van der Waals surface area contributed by atoms with Crippen LogP contribution in [0.3, 0.4) is 0 Å². The average molecular weight is 335 g/mol. The van der Waals surface area contributed by atoms with Gasteiger partial charge in [0.15, 0.2) is 5.96 Å². The summed E-state index contributed by atoms with van der Waals surface area (Å²) in [5.41, 5.74) is 8.73. The summed E-state index contributed by atoms with van der Waals surface area (Å²) in [6, 6.07) is 1.73. The van der Waals surface area contributed by atoms with Crippen molar-refractivity contribution in [2.24, 2.45) is 16.5 Å². The SMILES string of the molecule is CN(c1cc2nc(N=C(N)N)[nH]c2cc1C(F)(F)F)S(=O)[O-]. The van der Waals surface area contributed by atoms with Gasteiger partial charge in [-0.15, -0.1) is 0 Å². The smallest absolute Gasteiger partial charge is 0.418 e. The summed E-state index contributed by atoms with van der Waals surface area (Å²) < 4.78 is 61.6. The fourth-order valence-corrected chi connectivity index (χ4v) is 2.09. The summed E-state index contributed by atoms with van der Waals surface area (Å²) in [6.45, 7) is 0. The molecule has 0 amide bonds. The van der Waals surface area contributed by atoms with Crippen molar-refractivity contribution < 1.29 is 21.9 Å². The van der Waals surface area contributed by atoms with Crippen molar-refractivity contribution in [2.75, 3.05) is 11.4 Å². The van der Waals surface area contributed by atoms with Crippen LogP contribution in [0, 0.1) is 0 Å². The molecule has 0 aliphatic rings. The van der Waals surface area contributed by atoms with Crippen LogP contribution in [-0.2, 0) is 17.4 Å². The maximum absolute atomic E-state index is 13.1. The molecular weight excluding hydrogens is 325 g/mol. The molecule has 0 saturated heterocycles. The zero-order valence-electron chi connectivity index (χ0n) is 11.0. The van der Waals surface area contributed by atoms with Crippen LogP contribution >= 0.6 is 0 Å². The van der Waals surface area contributed by atoms with Crippen molar-refractivity contribution in [1.82, 2.24) is 9.97 Å². The number of rotatable bonds is 3. The molecule has 0 saturated carbocycles. The molecule has 1 heterocycles. The van der Waals surface area contributed by atoms with Crippen LogP contribution in [0.15, 0.2) is 17.1 Å². The second-order valence-corrected chi connectivity index (χ2v) is 5.18.